The van der Waals surface area contributed by atoms with Crippen molar-refractivity contribution in [3.05, 3.63) is 41.5 Å². The van der Waals surface area contributed by atoms with Gasteiger partial charge >= 0.3 is 0 Å². The molecule has 2 rings (SSSR count). The summed E-state index contributed by atoms with van der Waals surface area (Å²) in [5.41, 5.74) is 1.40. The van der Waals surface area contributed by atoms with Gasteiger partial charge in [0, 0.05) is 30.9 Å². The molecule has 0 heterocycles. The molecule has 29 heavy (non-hydrogen) atoms. The van der Waals surface area contributed by atoms with Crippen molar-refractivity contribution in [1.82, 2.24) is 4.31 Å². The third-order valence-electron chi connectivity index (χ3n) is 4.27. The highest BCUT2D eigenvalue weighted by Crippen LogP contribution is 2.31. The number of carbonyl (C=O) groups excluding carboxylic acids is 1. The second kappa shape index (κ2) is 9.15. The van der Waals surface area contributed by atoms with Crippen LogP contribution in [-0.4, -0.2) is 53.6 Å². The van der Waals surface area contributed by atoms with E-state index in [1.54, 1.807) is 25.1 Å². The first kappa shape index (κ1) is 22.5. The van der Waals surface area contributed by atoms with Gasteiger partial charge < -0.3 is 19.5 Å². The first-order chi connectivity index (χ1) is 13.6. The number of anilines is 1. The molecule has 0 fully saturated rings. The molecule has 0 bridgehead atoms. The lowest BCUT2D eigenvalue weighted by atomic mass is 10.1. The number of nitrogens with zero attached hydrogens (tertiary/aromatic N) is 1. The van der Waals surface area contributed by atoms with Crippen LogP contribution in [-0.2, 0) is 10.0 Å². The van der Waals surface area contributed by atoms with Gasteiger partial charge in [0.05, 0.1) is 20.8 Å². The SMILES string of the molecule is CCOc1ccc(NC(=O)c2cc(OC)c(C)c(OC)c2)cc1S(=O)(=O)N(C)C. The van der Waals surface area contributed by atoms with Crippen LogP contribution in [0.2, 0.25) is 0 Å². The lowest BCUT2D eigenvalue weighted by molar-refractivity contribution is 0.102. The van der Waals surface area contributed by atoms with Crippen LogP contribution in [0.25, 0.3) is 0 Å². The van der Waals surface area contributed by atoms with Gasteiger partial charge in [0.15, 0.2) is 0 Å². The van der Waals surface area contributed by atoms with Crippen molar-refractivity contribution >= 4 is 21.6 Å². The van der Waals surface area contributed by atoms with Crippen molar-refractivity contribution in [3.63, 3.8) is 0 Å². The van der Waals surface area contributed by atoms with E-state index in [-0.39, 0.29) is 10.6 Å². The van der Waals surface area contributed by atoms with Gasteiger partial charge in [-0.25, -0.2) is 12.7 Å². The minimum atomic E-state index is -3.76. The lowest BCUT2D eigenvalue weighted by Crippen LogP contribution is -2.23. The second-order valence-corrected chi connectivity index (χ2v) is 8.46. The zero-order valence-electron chi connectivity index (χ0n) is 17.4. The smallest absolute Gasteiger partial charge is 0.255 e. The zero-order valence-corrected chi connectivity index (χ0v) is 18.2. The molecule has 1 N–H and O–H groups in total. The fourth-order valence-electron chi connectivity index (χ4n) is 2.68. The zero-order chi connectivity index (χ0) is 21.8. The fraction of sp³-hybridized carbons (Fsp3) is 0.350. The van der Waals surface area contributed by atoms with Crippen LogP contribution in [0.5, 0.6) is 17.2 Å². The van der Waals surface area contributed by atoms with E-state index in [0.29, 0.717) is 29.4 Å². The van der Waals surface area contributed by atoms with Crippen molar-refractivity contribution in [2.75, 3.05) is 40.2 Å². The molecule has 0 saturated carbocycles. The summed E-state index contributed by atoms with van der Waals surface area (Å²) in [6.45, 7) is 3.90. The number of sulfonamides is 1. The van der Waals surface area contributed by atoms with E-state index in [2.05, 4.69) is 5.32 Å². The number of hydrogen-bond donors (Lipinski definition) is 1. The highest BCUT2D eigenvalue weighted by Gasteiger charge is 2.23. The quantitative estimate of drug-likeness (QED) is 0.703. The standard InChI is InChI=1S/C20H26N2O6S/c1-7-28-16-9-8-15(12-19(16)29(24,25)22(3)4)21-20(23)14-10-17(26-5)13(2)18(11-14)27-6/h8-12H,7H2,1-6H3,(H,21,23). The summed E-state index contributed by atoms with van der Waals surface area (Å²) in [7, 11) is 2.12. The van der Waals surface area contributed by atoms with Crippen LogP contribution in [0.4, 0.5) is 5.69 Å². The van der Waals surface area contributed by atoms with Crippen molar-refractivity contribution in [2.45, 2.75) is 18.7 Å². The molecular weight excluding hydrogens is 396 g/mol. The van der Waals surface area contributed by atoms with Gasteiger partial charge in [0.2, 0.25) is 10.0 Å². The van der Waals surface area contributed by atoms with Crippen LogP contribution in [0, 0.1) is 6.92 Å². The van der Waals surface area contributed by atoms with Gasteiger partial charge in [-0.05, 0) is 44.2 Å². The molecule has 0 atom stereocenters. The second-order valence-electron chi connectivity index (χ2n) is 6.34. The molecule has 2 aromatic carbocycles. The number of nitrogens with one attached hydrogen (secondary N) is 1. The Kier molecular flexibility index (Phi) is 7.10. The third-order valence-corrected chi connectivity index (χ3v) is 6.11. The highest BCUT2D eigenvalue weighted by atomic mass is 32.2. The summed E-state index contributed by atoms with van der Waals surface area (Å²) in [6, 6.07) is 7.67. The summed E-state index contributed by atoms with van der Waals surface area (Å²) in [6.07, 6.45) is 0. The average molecular weight is 423 g/mol. The largest absolute Gasteiger partial charge is 0.496 e. The molecule has 0 aliphatic carbocycles. The van der Waals surface area contributed by atoms with Gasteiger partial charge in [-0.1, -0.05) is 0 Å². The number of carbonyl (C=O) groups is 1. The Balaban J connectivity index is 2.43. The molecule has 158 valence electrons. The highest BCUT2D eigenvalue weighted by molar-refractivity contribution is 7.89. The van der Waals surface area contributed by atoms with Crippen molar-refractivity contribution < 1.29 is 27.4 Å². The third kappa shape index (κ3) is 4.80. The van der Waals surface area contributed by atoms with Gasteiger partial charge in [-0.15, -0.1) is 0 Å². The molecule has 0 radical (unpaired) electrons. The predicted molar refractivity (Wildman–Crippen MR) is 111 cm³/mol. The van der Waals surface area contributed by atoms with Gasteiger partial charge in [0.25, 0.3) is 5.91 Å². The molecule has 2 aromatic rings. The van der Waals surface area contributed by atoms with Crippen LogP contribution < -0.4 is 19.5 Å². The number of methoxy groups -OCH3 is 2. The normalized spacial score (nSPS) is 11.3. The van der Waals surface area contributed by atoms with Crippen LogP contribution in [0.15, 0.2) is 35.2 Å². The summed E-state index contributed by atoms with van der Waals surface area (Å²) >= 11 is 0. The Labute approximate surface area is 171 Å². The maximum absolute atomic E-state index is 12.8. The summed E-state index contributed by atoms with van der Waals surface area (Å²) in [5.74, 6) is 0.811. The van der Waals surface area contributed by atoms with Crippen molar-refractivity contribution in [1.29, 1.82) is 0 Å². The van der Waals surface area contributed by atoms with E-state index in [9.17, 15) is 13.2 Å². The van der Waals surface area contributed by atoms with E-state index in [0.717, 1.165) is 9.87 Å². The maximum atomic E-state index is 12.8. The summed E-state index contributed by atoms with van der Waals surface area (Å²) in [4.78, 5) is 12.7. The van der Waals surface area contributed by atoms with E-state index >= 15 is 0 Å². The molecule has 0 unspecified atom stereocenters. The first-order valence-electron chi connectivity index (χ1n) is 8.89. The van der Waals surface area contributed by atoms with E-state index in [1.165, 1.54) is 40.4 Å². The van der Waals surface area contributed by atoms with Crippen LogP contribution in [0.1, 0.15) is 22.8 Å². The molecule has 0 spiro atoms. The van der Waals surface area contributed by atoms with E-state index in [4.69, 9.17) is 14.2 Å². The van der Waals surface area contributed by atoms with Gasteiger partial charge in [-0.3, -0.25) is 4.79 Å². The Morgan fingerprint density at radius 3 is 2.10 bits per heavy atom. The van der Waals surface area contributed by atoms with Crippen molar-refractivity contribution in [3.8, 4) is 17.2 Å². The molecule has 0 aliphatic heterocycles. The minimum Gasteiger partial charge on any atom is -0.496 e. The monoisotopic (exact) mass is 422 g/mol. The fourth-order valence-corrected chi connectivity index (χ4v) is 3.73. The topological polar surface area (TPSA) is 94.2 Å². The minimum absolute atomic E-state index is 0.0267. The molecular formula is C20H26N2O6S. The molecule has 0 aromatic heterocycles. The maximum Gasteiger partial charge on any atom is 0.255 e. The molecule has 1 amide bonds. The molecule has 9 heteroatoms. The Hall–Kier alpha value is -2.78. The number of benzene rings is 2. The van der Waals surface area contributed by atoms with E-state index in [1.807, 2.05) is 6.92 Å². The van der Waals surface area contributed by atoms with Crippen molar-refractivity contribution in [2.24, 2.45) is 0 Å². The summed E-state index contributed by atoms with van der Waals surface area (Å²) < 4.78 is 42.4. The first-order valence-corrected chi connectivity index (χ1v) is 10.3. The molecule has 0 saturated heterocycles. The Morgan fingerprint density at radius 1 is 1.03 bits per heavy atom. The molecule has 8 nitrogen and oxygen atoms in total. The van der Waals surface area contributed by atoms with Crippen LogP contribution >= 0.6 is 0 Å². The average Bonchev–Trinajstić information content (AvgIpc) is 2.69. The van der Waals surface area contributed by atoms with Gasteiger partial charge in [-0.2, -0.15) is 0 Å². The molecule has 0 aliphatic rings. The van der Waals surface area contributed by atoms with Gasteiger partial charge in [0.1, 0.15) is 22.1 Å². The number of rotatable bonds is 8. The Bertz CT molecular complexity index is 977. The van der Waals surface area contributed by atoms with Crippen LogP contribution in [0.3, 0.4) is 0 Å². The summed E-state index contributed by atoms with van der Waals surface area (Å²) in [5, 5.41) is 2.71. The van der Waals surface area contributed by atoms with E-state index < -0.39 is 15.9 Å². The number of hydrogen-bond acceptors (Lipinski definition) is 6. The predicted octanol–water partition coefficient (Wildman–Crippen LogP) is 2.91. The number of amides is 1. The Morgan fingerprint density at radius 2 is 1.62 bits per heavy atom. The lowest BCUT2D eigenvalue weighted by Gasteiger charge is -2.17. The number of ether oxygens (including phenoxy) is 3.